The number of benzene rings is 1. The van der Waals surface area contributed by atoms with Gasteiger partial charge in [0.15, 0.2) is 0 Å². The summed E-state index contributed by atoms with van der Waals surface area (Å²) in [6.07, 6.45) is 3.31. The summed E-state index contributed by atoms with van der Waals surface area (Å²) in [4.78, 5) is 13.9. The third-order valence-electron chi connectivity index (χ3n) is 5.03. The number of aliphatic hydroxyl groups is 1. The fourth-order valence-corrected chi connectivity index (χ4v) is 4.17. The van der Waals surface area contributed by atoms with Crippen molar-refractivity contribution in [3.8, 4) is 0 Å². The molecule has 1 unspecified atom stereocenters. The Morgan fingerprint density at radius 2 is 2.10 bits per heavy atom. The van der Waals surface area contributed by atoms with Crippen LogP contribution in [-0.4, -0.2) is 60.6 Å². The molecule has 162 valence electrons. The number of carbonyl (C=O) groups is 1. The van der Waals surface area contributed by atoms with Gasteiger partial charge in [-0.25, -0.2) is 4.68 Å². The molecule has 2 heterocycles. The monoisotopic (exact) mass is 437 g/mol. The van der Waals surface area contributed by atoms with E-state index in [1.165, 1.54) is 30.3 Å². The Labute approximate surface area is 178 Å². The molecule has 2 atom stereocenters. The van der Waals surface area contributed by atoms with Gasteiger partial charge < -0.3 is 10.0 Å². The molecule has 1 aliphatic rings. The van der Waals surface area contributed by atoms with Gasteiger partial charge >= 0.3 is 5.92 Å². The maximum absolute atomic E-state index is 14.4. The van der Waals surface area contributed by atoms with E-state index in [4.69, 9.17) is 0 Å². The standard InChI is InChI=1S/C20H25F2N5O2S/c1-26-19(23-24-25-26)30-14-6-5-13-27-16(10-12-18(27)29)9-11-17(28)20(21,22)15-7-3-2-4-8-15/h2-4,7-9,11,16-17,28H,5-6,10,12-14H2,1H3/b11-9+/t16-,17?/m0/s1. The van der Waals surface area contributed by atoms with Crippen LogP contribution in [0, 0.1) is 0 Å². The van der Waals surface area contributed by atoms with Crippen molar-refractivity contribution in [1.82, 2.24) is 25.1 Å². The minimum atomic E-state index is -3.39. The zero-order valence-corrected chi connectivity index (χ0v) is 17.5. The molecular weight excluding hydrogens is 412 g/mol. The number of hydrogen-bond donors (Lipinski definition) is 1. The van der Waals surface area contributed by atoms with Crippen LogP contribution in [0.1, 0.15) is 31.2 Å². The first kappa shape index (κ1) is 22.4. The Bertz CT molecular complexity index is 862. The van der Waals surface area contributed by atoms with Crippen LogP contribution >= 0.6 is 11.8 Å². The van der Waals surface area contributed by atoms with Crippen molar-refractivity contribution in [3.63, 3.8) is 0 Å². The average Bonchev–Trinajstić information content (AvgIpc) is 3.31. The van der Waals surface area contributed by atoms with Gasteiger partial charge in [0.1, 0.15) is 6.10 Å². The van der Waals surface area contributed by atoms with E-state index in [9.17, 15) is 18.7 Å². The van der Waals surface area contributed by atoms with Crippen LogP contribution in [-0.2, 0) is 17.8 Å². The summed E-state index contributed by atoms with van der Waals surface area (Å²) in [5.74, 6) is -2.56. The van der Waals surface area contributed by atoms with E-state index in [2.05, 4.69) is 15.5 Å². The van der Waals surface area contributed by atoms with Gasteiger partial charge in [-0.1, -0.05) is 54.2 Å². The van der Waals surface area contributed by atoms with Gasteiger partial charge in [0.25, 0.3) is 0 Å². The Hall–Kier alpha value is -2.33. The zero-order chi connectivity index (χ0) is 21.6. The summed E-state index contributed by atoms with van der Waals surface area (Å²) >= 11 is 1.55. The molecule has 1 fully saturated rings. The predicted molar refractivity (Wildman–Crippen MR) is 109 cm³/mol. The summed E-state index contributed by atoms with van der Waals surface area (Å²) in [7, 11) is 1.78. The largest absolute Gasteiger partial charge is 0.382 e. The normalized spacial score (nSPS) is 18.5. The Morgan fingerprint density at radius 1 is 1.33 bits per heavy atom. The number of thioether (sulfide) groups is 1. The van der Waals surface area contributed by atoms with E-state index in [0.29, 0.717) is 19.4 Å². The highest BCUT2D eigenvalue weighted by atomic mass is 32.2. The van der Waals surface area contributed by atoms with E-state index < -0.39 is 12.0 Å². The smallest absolute Gasteiger partial charge is 0.302 e. The number of amides is 1. The minimum absolute atomic E-state index is 0.0131. The number of aryl methyl sites for hydroxylation is 1. The Morgan fingerprint density at radius 3 is 2.80 bits per heavy atom. The molecule has 1 aliphatic heterocycles. The van der Waals surface area contributed by atoms with E-state index in [-0.39, 0.29) is 17.5 Å². The first-order chi connectivity index (χ1) is 14.4. The number of aliphatic hydroxyl groups excluding tert-OH is 1. The lowest BCUT2D eigenvalue weighted by Crippen LogP contribution is -2.34. The van der Waals surface area contributed by atoms with Crippen molar-refractivity contribution >= 4 is 17.7 Å². The van der Waals surface area contributed by atoms with Gasteiger partial charge in [-0.3, -0.25) is 4.79 Å². The van der Waals surface area contributed by atoms with Crippen LogP contribution in [0.5, 0.6) is 0 Å². The molecule has 1 aromatic carbocycles. The molecule has 0 bridgehead atoms. The number of nitrogens with zero attached hydrogens (tertiary/aromatic N) is 5. The van der Waals surface area contributed by atoms with Crippen LogP contribution < -0.4 is 0 Å². The van der Waals surface area contributed by atoms with Gasteiger partial charge in [0.05, 0.1) is 6.04 Å². The van der Waals surface area contributed by atoms with Crippen molar-refractivity contribution in [2.75, 3.05) is 12.3 Å². The molecule has 1 amide bonds. The summed E-state index contributed by atoms with van der Waals surface area (Å²) in [6.45, 7) is 0.552. The van der Waals surface area contributed by atoms with Gasteiger partial charge in [0.2, 0.25) is 11.1 Å². The van der Waals surface area contributed by atoms with E-state index in [0.717, 1.165) is 29.8 Å². The molecule has 30 heavy (non-hydrogen) atoms. The summed E-state index contributed by atoms with van der Waals surface area (Å²) in [5.41, 5.74) is -0.239. The molecule has 10 heteroatoms. The second kappa shape index (κ2) is 10.1. The number of tetrazole rings is 1. The molecule has 7 nitrogen and oxygen atoms in total. The van der Waals surface area contributed by atoms with Crippen LogP contribution in [0.3, 0.4) is 0 Å². The molecule has 0 spiro atoms. The topological polar surface area (TPSA) is 84.1 Å². The van der Waals surface area contributed by atoms with Gasteiger partial charge in [0, 0.05) is 31.3 Å². The second-order valence-electron chi connectivity index (χ2n) is 7.15. The summed E-state index contributed by atoms with van der Waals surface area (Å²) < 4.78 is 30.5. The minimum Gasteiger partial charge on any atom is -0.382 e. The lowest BCUT2D eigenvalue weighted by Gasteiger charge is -2.24. The molecule has 0 radical (unpaired) electrons. The Kier molecular flexibility index (Phi) is 7.54. The number of alkyl halides is 2. The number of likely N-dealkylation sites (tertiary alicyclic amines) is 1. The highest BCUT2D eigenvalue weighted by molar-refractivity contribution is 7.99. The molecule has 1 aromatic heterocycles. The number of carbonyl (C=O) groups excluding carboxylic acids is 1. The zero-order valence-electron chi connectivity index (χ0n) is 16.7. The third-order valence-corrected chi connectivity index (χ3v) is 6.12. The van der Waals surface area contributed by atoms with Crippen LogP contribution in [0.15, 0.2) is 47.6 Å². The van der Waals surface area contributed by atoms with E-state index in [1.807, 2.05) is 0 Å². The number of aromatic nitrogens is 4. The van der Waals surface area contributed by atoms with E-state index in [1.54, 1.807) is 34.5 Å². The fraction of sp³-hybridized carbons (Fsp3) is 0.500. The first-order valence-corrected chi connectivity index (χ1v) is 10.8. The average molecular weight is 438 g/mol. The van der Waals surface area contributed by atoms with Gasteiger partial charge in [-0.05, 0) is 29.7 Å². The second-order valence-corrected chi connectivity index (χ2v) is 8.21. The summed E-state index contributed by atoms with van der Waals surface area (Å²) in [5, 5.41) is 22.0. The maximum atomic E-state index is 14.4. The maximum Gasteiger partial charge on any atom is 0.302 e. The Balaban J connectivity index is 1.49. The van der Waals surface area contributed by atoms with Crippen LogP contribution in [0.4, 0.5) is 8.78 Å². The first-order valence-electron chi connectivity index (χ1n) is 9.84. The number of hydrogen-bond acceptors (Lipinski definition) is 6. The predicted octanol–water partition coefficient (Wildman–Crippen LogP) is 2.78. The summed E-state index contributed by atoms with van der Waals surface area (Å²) in [6, 6.07) is 6.97. The van der Waals surface area contributed by atoms with E-state index >= 15 is 0 Å². The lowest BCUT2D eigenvalue weighted by molar-refractivity contribution is -0.128. The lowest BCUT2D eigenvalue weighted by atomic mass is 10.0. The molecule has 0 aliphatic carbocycles. The van der Waals surface area contributed by atoms with Crippen molar-refractivity contribution in [2.24, 2.45) is 7.05 Å². The van der Waals surface area contributed by atoms with Crippen LogP contribution in [0.25, 0.3) is 0 Å². The molecule has 1 N–H and O–H groups in total. The molecule has 0 saturated carbocycles. The fourth-order valence-electron chi connectivity index (χ4n) is 3.32. The van der Waals surface area contributed by atoms with Crippen molar-refractivity contribution < 1.29 is 18.7 Å². The quantitative estimate of drug-likeness (QED) is 0.350. The number of unbranched alkanes of at least 4 members (excludes halogenated alkanes) is 1. The molecule has 1 saturated heterocycles. The highest BCUT2D eigenvalue weighted by Crippen LogP contribution is 2.32. The van der Waals surface area contributed by atoms with Gasteiger partial charge in [-0.2, -0.15) is 8.78 Å². The SMILES string of the molecule is Cn1nnnc1SCCCCN1C(=O)CC[C@@H]1/C=C/C(O)C(F)(F)c1ccccc1. The van der Waals surface area contributed by atoms with Gasteiger partial charge in [-0.15, -0.1) is 5.10 Å². The van der Waals surface area contributed by atoms with Crippen molar-refractivity contribution in [2.45, 2.75) is 48.9 Å². The van der Waals surface area contributed by atoms with Crippen LogP contribution in [0.2, 0.25) is 0 Å². The molecule has 2 aromatic rings. The number of halogens is 2. The number of rotatable bonds is 10. The highest BCUT2D eigenvalue weighted by Gasteiger charge is 2.39. The molecular formula is C20H25F2N5O2S. The third kappa shape index (κ3) is 5.42. The van der Waals surface area contributed by atoms with Crippen molar-refractivity contribution in [3.05, 3.63) is 48.0 Å². The van der Waals surface area contributed by atoms with Crippen molar-refractivity contribution in [1.29, 1.82) is 0 Å². The molecule has 3 rings (SSSR count).